The Hall–Kier alpha value is -2.87. The van der Waals surface area contributed by atoms with E-state index in [0.29, 0.717) is 36.3 Å². The molecule has 1 saturated carbocycles. The number of hydrogen-bond donors (Lipinski definition) is 1. The van der Waals surface area contributed by atoms with Gasteiger partial charge in [0, 0.05) is 56.5 Å². The van der Waals surface area contributed by atoms with Crippen LogP contribution >= 0.6 is 0 Å². The first-order chi connectivity index (χ1) is 13.7. The van der Waals surface area contributed by atoms with E-state index in [4.69, 9.17) is 4.74 Å². The first kappa shape index (κ1) is 18.5. The molecule has 2 aliphatic rings. The summed E-state index contributed by atoms with van der Waals surface area (Å²) in [5.41, 5.74) is 1.20. The molecule has 1 N–H and O–H groups in total. The normalized spacial score (nSPS) is 21.5. The SMILES string of the molecule is COCC(=O)N1CC(NC(=O)c2cnc(-c3cccnc3)nc2)C(C2CC2)C1. The van der Waals surface area contributed by atoms with Gasteiger partial charge in [-0.05, 0) is 30.9 Å². The van der Waals surface area contributed by atoms with Crippen LogP contribution in [0.25, 0.3) is 11.4 Å². The summed E-state index contributed by atoms with van der Waals surface area (Å²) in [4.78, 5) is 39.3. The third kappa shape index (κ3) is 4.01. The summed E-state index contributed by atoms with van der Waals surface area (Å²) in [6.45, 7) is 1.26. The number of amides is 2. The molecule has 0 bridgehead atoms. The molecule has 146 valence electrons. The second-order valence-electron chi connectivity index (χ2n) is 7.35. The van der Waals surface area contributed by atoms with Gasteiger partial charge in [-0.3, -0.25) is 14.6 Å². The quantitative estimate of drug-likeness (QED) is 0.806. The molecule has 8 nitrogen and oxygen atoms in total. The van der Waals surface area contributed by atoms with E-state index in [0.717, 1.165) is 18.4 Å². The number of pyridine rings is 1. The topological polar surface area (TPSA) is 97.3 Å². The summed E-state index contributed by atoms with van der Waals surface area (Å²) in [5.74, 6) is 1.15. The van der Waals surface area contributed by atoms with Gasteiger partial charge in [0.05, 0.1) is 11.6 Å². The van der Waals surface area contributed by atoms with Crippen LogP contribution in [0.1, 0.15) is 23.2 Å². The minimum atomic E-state index is -0.213. The molecule has 1 aliphatic carbocycles. The monoisotopic (exact) mass is 381 g/mol. The summed E-state index contributed by atoms with van der Waals surface area (Å²) in [5, 5.41) is 3.09. The van der Waals surface area contributed by atoms with Crippen molar-refractivity contribution in [3.05, 3.63) is 42.5 Å². The second-order valence-corrected chi connectivity index (χ2v) is 7.35. The Bertz CT molecular complexity index is 839. The van der Waals surface area contributed by atoms with Gasteiger partial charge in [0.2, 0.25) is 5.91 Å². The van der Waals surface area contributed by atoms with Crippen molar-refractivity contribution < 1.29 is 14.3 Å². The average molecular weight is 381 g/mol. The van der Waals surface area contributed by atoms with E-state index in [1.54, 1.807) is 17.3 Å². The van der Waals surface area contributed by atoms with Gasteiger partial charge in [-0.1, -0.05) is 0 Å². The van der Waals surface area contributed by atoms with E-state index in [1.807, 2.05) is 12.1 Å². The van der Waals surface area contributed by atoms with Gasteiger partial charge >= 0.3 is 0 Å². The highest BCUT2D eigenvalue weighted by Crippen LogP contribution is 2.41. The van der Waals surface area contributed by atoms with E-state index >= 15 is 0 Å². The number of nitrogens with zero attached hydrogens (tertiary/aromatic N) is 4. The van der Waals surface area contributed by atoms with Crippen molar-refractivity contribution in [1.29, 1.82) is 0 Å². The standard InChI is InChI=1S/C20H23N5O3/c1-28-12-18(26)25-10-16(13-4-5-13)17(11-25)24-20(27)15-8-22-19(23-9-15)14-3-2-6-21-7-14/h2-3,6-9,13,16-17H,4-5,10-12H2,1H3,(H,24,27). The molecule has 28 heavy (non-hydrogen) atoms. The molecule has 2 atom stereocenters. The maximum atomic E-state index is 12.7. The van der Waals surface area contributed by atoms with Crippen LogP contribution in [-0.4, -0.2) is 64.5 Å². The van der Waals surface area contributed by atoms with Crippen LogP contribution in [-0.2, 0) is 9.53 Å². The molecule has 0 spiro atoms. The number of carbonyl (C=O) groups excluding carboxylic acids is 2. The lowest BCUT2D eigenvalue weighted by Gasteiger charge is -2.19. The average Bonchev–Trinajstić information content (AvgIpc) is 3.49. The van der Waals surface area contributed by atoms with Crippen LogP contribution in [0.5, 0.6) is 0 Å². The molecule has 1 aliphatic heterocycles. The highest BCUT2D eigenvalue weighted by atomic mass is 16.5. The Morgan fingerprint density at radius 3 is 2.64 bits per heavy atom. The molecule has 8 heteroatoms. The van der Waals surface area contributed by atoms with Crippen molar-refractivity contribution >= 4 is 11.8 Å². The summed E-state index contributed by atoms with van der Waals surface area (Å²) >= 11 is 0. The highest BCUT2D eigenvalue weighted by molar-refractivity contribution is 5.94. The predicted octanol–water partition coefficient (Wildman–Crippen LogP) is 1.15. The Morgan fingerprint density at radius 2 is 2.00 bits per heavy atom. The number of methoxy groups -OCH3 is 1. The van der Waals surface area contributed by atoms with Crippen molar-refractivity contribution in [3.63, 3.8) is 0 Å². The van der Waals surface area contributed by atoms with Crippen molar-refractivity contribution in [3.8, 4) is 11.4 Å². The minimum Gasteiger partial charge on any atom is -0.375 e. The van der Waals surface area contributed by atoms with Crippen LogP contribution in [0.15, 0.2) is 36.9 Å². The lowest BCUT2D eigenvalue weighted by molar-refractivity contribution is -0.134. The maximum Gasteiger partial charge on any atom is 0.254 e. The van der Waals surface area contributed by atoms with Gasteiger partial charge in [0.25, 0.3) is 5.91 Å². The molecular weight excluding hydrogens is 358 g/mol. The van der Waals surface area contributed by atoms with E-state index in [9.17, 15) is 9.59 Å². The number of ether oxygens (including phenoxy) is 1. The lowest BCUT2D eigenvalue weighted by atomic mass is 9.98. The zero-order valence-electron chi connectivity index (χ0n) is 15.7. The van der Waals surface area contributed by atoms with Crippen LogP contribution < -0.4 is 5.32 Å². The van der Waals surface area contributed by atoms with Gasteiger partial charge < -0.3 is 15.0 Å². The first-order valence-electron chi connectivity index (χ1n) is 9.45. The molecule has 2 fully saturated rings. The zero-order valence-corrected chi connectivity index (χ0v) is 15.7. The summed E-state index contributed by atoms with van der Waals surface area (Å²) < 4.78 is 4.96. The molecule has 0 radical (unpaired) electrons. The fourth-order valence-electron chi connectivity index (χ4n) is 3.74. The predicted molar refractivity (Wildman–Crippen MR) is 101 cm³/mol. The molecule has 2 amide bonds. The Kier molecular flexibility index (Phi) is 5.29. The van der Waals surface area contributed by atoms with E-state index in [-0.39, 0.29) is 24.5 Å². The largest absolute Gasteiger partial charge is 0.375 e. The van der Waals surface area contributed by atoms with Crippen LogP contribution in [0.4, 0.5) is 0 Å². The maximum absolute atomic E-state index is 12.7. The highest BCUT2D eigenvalue weighted by Gasteiger charge is 2.44. The third-order valence-corrected chi connectivity index (χ3v) is 5.36. The number of carbonyl (C=O) groups is 2. The summed E-state index contributed by atoms with van der Waals surface area (Å²) in [6.07, 6.45) is 8.74. The molecule has 3 heterocycles. The van der Waals surface area contributed by atoms with Crippen LogP contribution in [0, 0.1) is 11.8 Å². The Balaban J connectivity index is 1.42. The van der Waals surface area contributed by atoms with E-state index in [1.165, 1.54) is 19.5 Å². The molecule has 0 aromatic carbocycles. The minimum absolute atomic E-state index is 0.0333. The van der Waals surface area contributed by atoms with Crippen molar-refractivity contribution in [1.82, 2.24) is 25.2 Å². The summed E-state index contributed by atoms with van der Waals surface area (Å²) in [6, 6.07) is 3.62. The molecule has 4 rings (SSSR count). The molecule has 1 saturated heterocycles. The van der Waals surface area contributed by atoms with E-state index in [2.05, 4.69) is 20.3 Å². The number of nitrogens with one attached hydrogen (secondary N) is 1. The number of rotatable bonds is 6. The number of aromatic nitrogens is 3. The van der Waals surface area contributed by atoms with Gasteiger partial charge in [-0.25, -0.2) is 9.97 Å². The van der Waals surface area contributed by atoms with Gasteiger partial charge in [-0.2, -0.15) is 0 Å². The van der Waals surface area contributed by atoms with Crippen molar-refractivity contribution in [2.75, 3.05) is 26.8 Å². The number of hydrogen-bond acceptors (Lipinski definition) is 6. The van der Waals surface area contributed by atoms with Crippen LogP contribution in [0.3, 0.4) is 0 Å². The van der Waals surface area contributed by atoms with Gasteiger partial charge in [0.1, 0.15) is 6.61 Å². The fourth-order valence-corrected chi connectivity index (χ4v) is 3.74. The van der Waals surface area contributed by atoms with Crippen molar-refractivity contribution in [2.24, 2.45) is 11.8 Å². The molecule has 2 aromatic heterocycles. The zero-order chi connectivity index (χ0) is 19.5. The molecule has 2 unspecified atom stereocenters. The third-order valence-electron chi connectivity index (χ3n) is 5.36. The van der Waals surface area contributed by atoms with Gasteiger partial charge in [-0.15, -0.1) is 0 Å². The smallest absolute Gasteiger partial charge is 0.254 e. The van der Waals surface area contributed by atoms with Gasteiger partial charge in [0.15, 0.2) is 5.82 Å². The second kappa shape index (κ2) is 8.02. The van der Waals surface area contributed by atoms with E-state index < -0.39 is 0 Å². The first-order valence-corrected chi connectivity index (χ1v) is 9.45. The Labute approximate surface area is 163 Å². The molecule has 2 aromatic rings. The van der Waals surface area contributed by atoms with Crippen LogP contribution in [0.2, 0.25) is 0 Å². The fraction of sp³-hybridized carbons (Fsp3) is 0.450. The summed E-state index contributed by atoms with van der Waals surface area (Å²) in [7, 11) is 1.51. The molecular formula is C20H23N5O3. The lowest BCUT2D eigenvalue weighted by Crippen LogP contribution is -2.42. The van der Waals surface area contributed by atoms with Crippen molar-refractivity contribution in [2.45, 2.75) is 18.9 Å². The Morgan fingerprint density at radius 1 is 1.21 bits per heavy atom. The number of likely N-dealkylation sites (tertiary alicyclic amines) is 1.